The van der Waals surface area contributed by atoms with E-state index in [1.807, 2.05) is 11.4 Å². The van der Waals surface area contributed by atoms with Crippen LogP contribution >= 0.6 is 0 Å². The lowest BCUT2D eigenvalue weighted by atomic mass is 10.1. The fourth-order valence-corrected chi connectivity index (χ4v) is 2.89. The summed E-state index contributed by atoms with van der Waals surface area (Å²) in [5.41, 5.74) is 1.40. The molecule has 0 saturated heterocycles. The Morgan fingerprint density at radius 1 is 1.29 bits per heavy atom. The highest BCUT2D eigenvalue weighted by Crippen LogP contribution is 2.35. The summed E-state index contributed by atoms with van der Waals surface area (Å²) in [6, 6.07) is 5.03. The quantitative estimate of drug-likeness (QED) is 0.519. The third-order valence-corrected chi connectivity index (χ3v) is 4.50. The van der Waals surface area contributed by atoms with Crippen molar-refractivity contribution in [1.82, 2.24) is 20.5 Å². The topological polar surface area (TPSA) is 121 Å². The Balaban J connectivity index is 1.72. The van der Waals surface area contributed by atoms with Crippen LogP contribution in [0.1, 0.15) is 27.3 Å². The number of nitrogens with one attached hydrogen (secondary N) is 4. The van der Waals surface area contributed by atoms with Gasteiger partial charge in [-0.05, 0) is 25.0 Å². The highest BCUT2D eigenvalue weighted by atomic mass is 16.5. The number of aromatic nitrogens is 3. The highest BCUT2D eigenvalue weighted by Gasteiger charge is 2.30. The van der Waals surface area contributed by atoms with Crippen LogP contribution in [0.4, 0.5) is 17.2 Å². The minimum absolute atomic E-state index is 0.00712. The van der Waals surface area contributed by atoms with Crippen molar-refractivity contribution in [3.63, 3.8) is 0 Å². The first kappa shape index (κ1) is 14.4. The number of benzene rings is 1. The Labute approximate surface area is 165 Å². The van der Waals surface area contributed by atoms with Gasteiger partial charge in [-0.15, -0.1) is 0 Å². The van der Waals surface area contributed by atoms with Gasteiger partial charge in [0.15, 0.2) is 5.75 Å². The number of rotatable bonds is 6. The van der Waals surface area contributed by atoms with Crippen LogP contribution < -0.4 is 20.7 Å². The second-order valence-electron chi connectivity index (χ2n) is 6.44. The molecule has 0 bridgehead atoms. The molecule has 0 radical (unpaired) electrons. The average molecular weight is 383 g/mol. The van der Waals surface area contributed by atoms with E-state index < -0.39 is 12.9 Å². The first-order valence-electron chi connectivity index (χ1n) is 10.2. The molecule has 3 aromatic rings. The van der Waals surface area contributed by atoms with Crippen LogP contribution in [0.5, 0.6) is 5.75 Å². The normalized spacial score (nSPS) is 15.2. The number of amides is 2. The predicted octanol–water partition coefficient (Wildman–Crippen LogP) is 2.42. The summed E-state index contributed by atoms with van der Waals surface area (Å²) in [4.78, 5) is 28.8. The molecule has 144 valence electrons. The number of fused-ring (bicyclic) bond motifs is 1. The lowest BCUT2D eigenvalue weighted by molar-refractivity contribution is -0.117. The Kier molecular flexibility index (Phi) is 3.70. The van der Waals surface area contributed by atoms with E-state index in [0.717, 1.165) is 18.2 Å². The zero-order valence-corrected chi connectivity index (χ0v) is 15.0. The molecule has 2 amide bonds. The van der Waals surface area contributed by atoms with Crippen LogP contribution in [-0.2, 0) is 4.79 Å². The van der Waals surface area contributed by atoms with Gasteiger partial charge < -0.3 is 20.7 Å². The molecule has 2 aromatic heterocycles. The van der Waals surface area contributed by atoms with Crippen LogP contribution in [-0.4, -0.2) is 41.1 Å². The molecule has 9 heteroatoms. The van der Waals surface area contributed by atoms with E-state index in [-0.39, 0.29) is 28.9 Å². The monoisotopic (exact) mass is 383 g/mol. The van der Waals surface area contributed by atoms with Crippen LogP contribution in [0.2, 0.25) is 0 Å². The standard InChI is InChI=1S/C19H20N6O3/c1-20-19(27)12-9-21-15(24-18(26)10-3-4-10)7-14(12)23-13-6-5-11-8-22-25-16(11)17(13)28-2/h5-10H,3-4H2,1-2H3,(H,20,27)(H,22,25)(H2,21,23,24,26)/i1D3. The number of methoxy groups -OCH3 is 1. The van der Waals surface area contributed by atoms with Crippen molar-refractivity contribution in [3.8, 4) is 5.75 Å². The smallest absolute Gasteiger partial charge is 0.254 e. The van der Waals surface area contributed by atoms with Crippen LogP contribution in [0, 0.1) is 5.92 Å². The van der Waals surface area contributed by atoms with Crippen LogP contribution in [0.25, 0.3) is 10.9 Å². The summed E-state index contributed by atoms with van der Waals surface area (Å²) < 4.78 is 27.4. The number of nitrogens with zero attached hydrogens (tertiary/aromatic N) is 2. The molecule has 2 heterocycles. The lowest BCUT2D eigenvalue weighted by Crippen LogP contribution is -2.20. The lowest BCUT2D eigenvalue weighted by Gasteiger charge is -2.15. The number of aromatic amines is 1. The van der Waals surface area contributed by atoms with E-state index >= 15 is 0 Å². The van der Waals surface area contributed by atoms with Gasteiger partial charge in [-0.2, -0.15) is 5.10 Å². The summed E-state index contributed by atoms with van der Waals surface area (Å²) in [6.45, 7) is -2.67. The molecular formula is C19H20N6O3. The molecule has 28 heavy (non-hydrogen) atoms. The third kappa shape index (κ3) is 3.34. The maximum absolute atomic E-state index is 12.6. The van der Waals surface area contributed by atoms with Crippen molar-refractivity contribution >= 4 is 39.9 Å². The first-order chi connectivity index (χ1) is 14.7. The fourth-order valence-electron chi connectivity index (χ4n) is 2.89. The number of hydrogen-bond donors (Lipinski definition) is 4. The maximum Gasteiger partial charge on any atom is 0.254 e. The van der Waals surface area contributed by atoms with Gasteiger partial charge in [0.2, 0.25) is 5.91 Å². The fraction of sp³-hybridized carbons (Fsp3) is 0.263. The molecule has 9 nitrogen and oxygen atoms in total. The zero-order chi connectivity index (χ0) is 22.2. The summed E-state index contributed by atoms with van der Waals surface area (Å²) in [6.07, 6.45) is 4.52. The van der Waals surface area contributed by atoms with Crippen molar-refractivity contribution in [2.24, 2.45) is 5.92 Å². The van der Waals surface area contributed by atoms with Crippen molar-refractivity contribution in [3.05, 3.63) is 36.2 Å². The largest absolute Gasteiger partial charge is 0.492 e. The van der Waals surface area contributed by atoms with E-state index in [0.29, 0.717) is 17.0 Å². The average Bonchev–Trinajstić information content (AvgIpc) is 3.44. The zero-order valence-electron chi connectivity index (χ0n) is 18.0. The van der Waals surface area contributed by atoms with E-state index in [1.165, 1.54) is 19.4 Å². The molecule has 1 saturated carbocycles. The van der Waals surface area contributed by atoms with Gasteiger partial charge >= 0.3 is 0 Å². The van der Waals surface area contributed by atoms with Gasteiger partial charge in [-0.3, -0.25) is 14.7 Å². The van der Waals surface area contributed by atoms with Gasteiger partial charge in [0.05, 0.1) is 30.2 Å². The number of anilines is 3. The SMILES string of the molecule is [2H]C([2H])([2H])NC(=O)c1cnc(NC(=O)C2CC2)cc1Nc1ccc2cn[nH]c2c1OC. The second kappa shape index (κ2) is 7.18. The van der Waals surface area contributed by atoms with Crippen molar-refractivity contribution in [2.75, 3.05) is 24.7 Å². The van der Waals surface area contributed by atoms with Gasteiger partial charge in [0, 0.05) is 34.7 Å². The minimum Gasteiger partial charge on any atom is -0.492 e. The number of H-pyrrole nitrogens is 1. The number of carbonyl (C=O) groups excluding carboxylic acids is 2. The van der Waals surface area contributed by atoms with Crippen molar-refractivity contribution in [2.45, 2.75) is 12.8 Å². The molecular weight excluding hydrogens is 360 g/mol. The number of ether oxygens (including phenoxy) is 1. The summed E-state index contributed by atoms with van der Waals surface area (Å²) in [5, 5.41) is 15.4. The Bertz CT molecular complexity index is 1160. The van der Waals surface area contributed by atoms with E-state index in [2.05, 4.69) is 25.8 Å². The third-order valence-electron chi connectivity index (χ3n) is 4.50. The van der Waals surface area contributed by atoms with Gasteiger partial charge in [-0.1, -0.05) is 0 Å². The molecule has 4 rings (SSSR count). The summed E-state index contributed by atoms with van der Waals surface area (Å²) in [5.74, 6) is -0.310. The predicted molar refractivity (Wildman–Crippen MR) is 105 cm³/mol. The summed E-state index contributed by atoms with van der Waals surface area (Å²) in [7, 11) is 1.50. The van der Waals surface area contributed by atoms with Crippen molar-refractivity contribution < 1.29 is 18.4 Å². The second-order valence-corrected chi connectivity index (χ2v) is 6.44. The van der Waals surface area contributed by atoms with Gasteiger partial charge in [-0.25, -0.2) is 4.98 Å². The highest BCUT2D eigenvalue weighted by molar-refractivity contribution is 6.02. The summed E-state index contributed by atoms with van der Waals surface area (Å²) >= 11 is 0. The molecule has 1 aliphatic carbocycles. The minimum atomic E-state index is -2.67. The molecule has 0 aliphatic heterocycles. The molecule has 0 spiro atoms. The molecule has 0 atom stereocenters. The molecule has 0 unspecified atom stereocenters. The Hall–Kier alpha value is -3.62. The van der Waals surface area contributed by atoms with Gasteiger partial charge in [0.1, 0.15) is 11.3 Å². The number of carbonyl (C=O) groups is 2. The van der Waals surface area contributed by atoms with E-state index in [9.17, 15) is 9.59 Å². The molecule has 1 fully saturated rings. The first-order valence-corrected chi connectivity index (χ1v) is 8.65. The van der Waals surface area contributed by atoms with E-state index in [4.69, 9.17) is 8.85 Å². The Morgan fingerprint density at radius 2 is 2.14 bits per heavy atom. The van der Waals surface area contributed by atoms with Crippen molar-refractivity contribution in [1.29, 1.82) is 0 Å². The maximum atomic E-state index is 12.6. The number of pyridine rings is 1. The Morgan fingerprint density at radius 3 is 2.89 bits per heavy atom. The molecule has 1 aromatic carbocycles. The van der Waals surface area contributed by atoms with E-state index in [1.54, 1.807) is 12.3 Å². The molecule has 1 aliphatic rings. The number of hydrogen-bond acceptors (Lipinski definition) is 6. The molecule has 4 N–H and O–H groups in total. The van der Waals surface area contributed by atoms with Gasteiger partial charge in [0.25, 0.3) is 5.91 Å². The van der Waals surface area contributed by atoms with Crippen LogP contribution in [0.15, 0.2) is 30.6 Å². The van der Waals surface area contributed by atoms with Crippen LogP contribution in [0.3, 0.4) is 0 Å².